The van der Waals surface area contributed by atoms with Crippen LogP contribution in [-0.4, -0.2) is 63.9 Å². The van der Waals surface area contributed by atoms with Gasteiger partial charge in [-0.1, -0.05) is 32.6 Å². The first kappa shape index (κ1) is 17.3. The van der Waals surface area contributed by atoms with Gasteiger partial charge in [0.1, 0.15) is 5.54 Å². The van der Waals surface area contributed by atoms with E-state index in [1.165, 1.54) is 32.1 Å². The Hall–Kier alpha value is -1.10. The number of nitrogens with zero attached hydrogens (tertiary/aromatic N) is 3. The van der Waals surface area contributed by atoms with Crippen molar-refractivity contribution in [1.82, 2.24) is 14.7 Å². The molecule has 25 heavy (non-hydrogen) atoms. The molecule has 0 aromatic carbocycles. The fourth-order valence-corrected chi connectivity index (χ4v) is 5.88. The van der Waals surface area contributed by atoms with Gasteiger partial charge in [0.05, 0.1) is 0 Å². The van der Waals surface area contributed by atoms with E-state index in [4.69, 9.17) is 0 Å². The van der Waals surface area contributed by atoms with Crippen molar-refractivity contribution in [3.8, 4) is 0 Å². The maximum Gasteiger partial charge on any atom is 0.327 e. The Morgan fingerprint density at radius 2 is 1.64 bits per heavy atom. The number of hydrogen-bond acceptors (Lipinski definition) is 3. The Morgan fingerprint density at radius 3 is 2.32 bits per heavy atom. The van der Waals surface area contributed by atoms with Crippen LogP contribution >= 0.6 is 0 Å². The normalized spacial score (nSPS) is 32.7. The Kier molecular flexibility index (Phi) is 4.78. The molecule has 3 saturated heterocycles. The van der Waals surface area contributed by atoms with E-state index in [2.05, 4.69) is 11.8 Å². The topological polar surface area (TPSA) is 43.9 Å². The average molecular weight is 348 g/mol. The minimum Gasteiger partial charge on any atom is -0.310 e. The quantitative estimate of drug-likeness (QED) is 0.732. The van der Waals surface area contributed by atoms with Crippen LogP contribution in [0.25, 0.3) is 0 Å². The molecule has 1 saturated carbocycles. The number of likely N-dealkylation sites (tertiary alicyclic amines) is 1. The van der Waals surface area contributed by atoms with Gasteiger partial charge in [-0.25, -0.2) is 4.79 Å². The lowest BCUT2D eigenvalue weighted by Gasteiger charge is -2.41. The van der Waals surface area contributed by atoms with E-state index < -0.39 is 5.54 Å². The van der Waals surface area contributed by atoms with Crippen LogP contribution in [0.1, 0.15) is 77.6 Å². The zero-order valence-corrected chi connectivity index (χ0v) is 15.7. The number of hydrogen-bond donors (Lipinski definition) is 0. The third-order valence-corrected chi connectivity index (χ3v) is 7.16. The fourth-order valence-electron chi connectivity index (χ4n) is 5.88. The molecule has 1 unspecified atom stereocenters. The molecule has 3 heterocycles. The van der Waals surface area contributed by atoms with Crippen molar-refractivity contribution in [2.45, 2.75) is 95.2 Å². The molecule has 1 atom stereocenters. The van der Waals surface area contributed by atoms with E-state index in [1.807, 2.05) is 4.90 Å². The van der Waals surface area contributed by atoms with E-state index >= 15 is 0 Å². The van der Waals surface area contributed by atoms with Gasteiger partial charge in [0.2, 0.25) is 0 Å². The van der Waals surface area contributed by atoms with Crippen LogP contribution in [0.4, 0.5) is 4.79 Å². The molecule has 140 valence electrons. The van der Waals surface area contributed by atoms with Crippen LogP contribution in [0.2, 0.25) is 0 Å². The summed E-state index contributed by atoms with van der Waals surface area (Å²) in [6.07, 6.45) is 12.3. The number of imide groups is 1. The van der Waals surface area contributed by atoms with Crippen LogP contribution in [0.15, 0.2) is 0 Å². The zero-order valence-electron chi connectivity index (χ0n) is 15.7. The van der Waals surface area contributed by atoms with Crippen molar-refractivity contribution < 1.29 is 9.59 Å². The molecular formula is C20H33N3O2. The van der Waals surface area contributed by atoms with Crippen molar-refractivity contribution in [2.75, 3.05) is 19.6 Å². The summed E-state index contributed by atoms with van der Waals surface area (Å²) in [5.41, 5.74) is -0.494. The average Bonchev–Trinajstić information content (AvgIpc) is 3.15. The number of amides is 3. The summed E-state index contributed by atoms with van der Waals surface area (Å²) in [4.78, 5) is 32.4. The summed E-state index contributed by atoms with van der Waals surface area (Å²) < 4.78 is 0. The molecule has 4 aliphatic rings. The van der Waals surface area contributed by atoms with Crippen molar-refractivity contribution in [3.05, 3.63) is 0 Å². The number of carbonyl (C=O) groups is 2. The van der Waals surface area contributed by atoms with Gasteiger partial charge >= 0.3 is 6.03 Å². The first-order chi connectivity index (χ1) is 12.2. The molecule has 0 radical (unpaired) electrons. The second kappa shape index (κ2) is 6.90. The van der Waals surface area contributed by atoms with Gasteiger partial charge in [-0.3, -0.25) is 9.69 Å². The third-order valence-electron chi connectivity index (χ3n) is 7.16. The third kappa shape index (κ3) is 2.79. The highest BCUT2D eigenvalue weighted by Gasteiger charge is 2.60. The molecule has 0 N–H and O–H groups in total. The summed E-state index contributed by atoms with van der Waals surface area (Å²) in [6.45, 7) is 4.98. The van der Waals surface area contributed by atoms with Gasteiger partial charge in [0.25, 0.3) is 5.91 Å². The predicted octanol–water partition coefficient (Wildman–Crippen LogP) is 3.38. The zero-order chi connectivity index (χ0) is 17.4. The Bertz CT molecular complexity index is 523. The Labute approximate surface area is 151 Å². The van der Waals surface area contributed by atoms with Crippen molar-refractivity contribution in [2.24, 2.45) is 0 Å². The summed E-state index contributed by atoms with van der Waals surface area (Å²) in [7, 11) is 0. The SMILES string of the molecule is CCCC12CCCN1C(=O)N(C1CCN(C3CCCCC3)CC1)C2=O. The molecule has 0 spiro atoms. The van der Waals surface area contributed by atoms with Crippen LogP contribution in [0.5, 0.6) is 0 Å². The highest BCUT2D eigenvalue weighted by molar-refractivity contribution is 6.07. The van der Waals surface area contributed by atoms with Crippen LogP contribution in [0, 0.1) is 0 Å². The molecule has 3 aliphatic heterocycles. The second-order valence-electron chi connectivity index (χ2n) is 8.55. The molecule has 5 heteroatoms. The fraction of sp³-hybridized carbons (Fsp3) is 0.900. The predicted molar refractivity (Wildman–Crippen MR) is 97.3 cm³/mol. The summed E-state index contributed by atoms with van der Waals surface area (Å²) in [5.74, 6) is 0.118. The second-order valence-corrected chi connectivity index (χ2v) is 8.55. The minimum absolute atomic E-state index is 0.00654. The highest BCUT2D eigenvalue weighted by atomic mass is 16.2. The first-order valence-corrected chi connectivity index (χ1v) is 10.6. The van der Waals surface area contributed by atoms with Gasteiger partial charge < -0.3 is 9.80 Å². The minimum atomic E-state index is -0.494. The Morgan fingerprint density at radius 1 is 0.920 bits per heavy atom. The number of fused-ring (bicyclic) bond motifs is 1. The Balaban J connectivity index is 1.43. The molecule has 5 nitrogen and oxygen atoms in total. The summed E-state index contributed by atoms with van der Waals surface area (Å²) >= 11 is 0. The number of piperidine rings is 1. The molecular weight excluding hydrogens is 314 g/mol. The molecule has 3 amide bonds. The number of urea groups is 1. The van der Waals surface area contributed by atoms with Crippen LogP contribution in [-0.2, 0) is 4.79 Å². The first-order valence-electron chi connectivity index (χ1n) is 10.6. The molecule has 1 aliphatic carbocycles. The van der Waals surface area contributed by atoms with Crippen LogP contribution < -0.4 is 0 Å². The van der Waals surface area contributed by atoms with E-state index in [0.29, 0.717) is 0 Å². The van der Waals surface area contributed by atoms with Crippen LogP contribution in [0.3, 0.4) is 0 Å². The summed E-state index contributed by atoms with van der Waals surface area (Å²) in [6, 6.07) is 0.875. The maximum atomic E-state index is 13.2. The summed E-state index contributed by atoms with van der Waals surface area (Å²) in [5, 5.41) is 0. The molecule has 0 aromatic rings. The lowest BCUT2D eigenvalue weighted by atomic mass is 9.89. The van der Waals surface area contributed by atoms with Gasteiger partial charge in [0.15, 0.2) is 0 Å². The van der Waals surface area contributed by atoms with Gasteiger partial charge in [0, 0.05) is 31.7 Å². The lowest BCUT2D eigenvalue weighted by Crippen LogP contribution is -2.51. The van der Waals surface area contributed by atoms with E-state index in [0.717, 1.165) is 64.2 Å². The molecule has 4 rings (SSSR count). The maximum absolute atomic E-state index is 13.2. The van der Waals surface area contributed by atoms with Gasteiger partial charge in [-0.15, -0.1) is 0 Å². The lowest BCUT2D eigenvalue weighted by molar-refractivity contribution is -0.135. The van der Waals surface area contributed by atoms with E-state index in [1.54, 1.807) is 4.90 Å². The standard InChI is InChI=1S/C20H33N3O2/c1-2-11-20-12-6-13-22(20)19(25)23(18(20)24)17-9-14-21(15-10-17)16-7-4-3-5-8-16/h16-17H,2-15H2,1H3. The van der Waals surface area contributed by atoms with E-state index in [-0.39, 0.29) is 18.0 Å². The molecule has 4 fully saturated rings. The van der Waals surface area contributed by atoms with Crippen molar-refractivity contribution in [1.29, 1.82) is 0 Å². The van der Waals surface area contributed by atoms with E-state index in [9.17, 15) is 9.59 Å². The molecule has 0 bridgehead atoms. The number of carbonyl (C=O) groups excluding carboxylic acids is 2. The smallest absolute Gasteiger partial charge is 0.310 e. The monoisotopic (exact) mass is 347 g/mol. The van der Waals surface area contributed by atoms with Gasteiger partial charge in [-0.2, -0.15) is 0 Å². The highest BCUT2D eigenvalue weighted by Crippen LogP contribution is 2.42. The molecule has 0 aromatic heterocycles. The van der Waals surface area contributed by atoms with Crippen molar-refractivity contribution in [3.63, 3.8) is 0 Å². The number of rotatable bonds is 4. The van der Waals surface area contributed by atoms with Crippen molar-refractivity contribution >= 4 is 11.9 Å². The van der Waals surface area contributed by atoms with Gasteiger partial charge in [-0.05, 0) is 44.9 Å². The largest absolute Gasteiger partial charge is 0.327 e.